The second-order valence-electron chi connectivity index (χ2n) is 6.03. The van der Waals surface area contributed by atoms with Crippen LogP contribution in [0.3, 0.4) is 0 Å². The molecule has 0 saturated carbocycles. The molecule has 3 rings (SSSR count). The van der Waals surface area contributed by atoms with Crippen molar-refractivity contribution < 1.29 is 9.47 Å². The highest BCUT2D eigenvalue weighted by molar-refractivity contribution is 5.77. The van der Waals surface area contributed by atoms with E-state index in [1.54, 1.807) is 0 Å². The van der Waals surface area contributed by atoms with E-state index in [2.05, 4.69) is 22.1 Å². The Hall–Kier alpha value is -1.95. The minimum atomic E-state index is -0.0581. The van der Waals surface area contributed by atoms with Crippen molar-refractivity contribution in [2.45, 2.75) is 31.9 Å². The van der Waals surface area contributed by atoms with Gasteiger partial charge in [-0.2, -0.15) is 0 Å². The Balaban J connectivity index is 1.44. The van der Waals surface area contributed by atoms with Crippen molar-refractivity contribution in [1.29, 1.82) is 0 Å². The van der Waals surface area contributed by atoms with E-state index in [1.165, 1.54) is 19.4 Å². The second-order valence-corrected chi connectivity index (χ2v) is 6.03. The van der Waals surface area contributed by atoms with Gasteiger partial charge in [-0.15, -0.1) is 0 Å². The van der Waals surface area contributed by atoms with Crippen molar-refractivity contribution in [3.05, 3.63) is 24.3 Å². The molecule has 0 aliphatic carbocycles. The molecule has 1 aromatic carbocycles. The van der Waals surface area contributed by atoms with Gasteiger partial charge < -0.3 is 20.5 Å². The van der Waals surface area contributed by atoms with E-state index in [0.717, 1.165) is 24.6 Å². The summed E-state index contributed by atoms with van der Waals surface area (Å²) in [6, 6.07) is 8.23. The van der Waals surface area contributed by atoms with Gasteiger partial charge in [0.25, 0.3) is 0 Å². The van der Waals surface area contributed by atoms with Crippen LogP contribution in [0.5, 0.6) is 11.5 Å². The lowest BCUT2D eigenvalue weighted by molar-refractivity contribution is 0.0937. The van der Waals surface area contributed by atoms with Gasteiger partial charge in [0.05, 0.1) is 13.1 Å². The van der Waals surface area contributed by atoms with E-state index in [1.807, 2.05) is 24.3 Å². The number of hydrogen-bond donors (Lipinski definition) is 2. The Morgan fingerprint density at radius 1 is 1.39 bits per heavy atom. The number of likely N-dealkylation sites (tertiary alicyclic amines) is 1. The zero-order valence-electron chi connectivity index (χ0n) is 13.7. The molecule has 0 spiro atoms. The lowest BCUT2D eigenvalue weighted by atomic mass is 10.2. The van der Waals surface area contributed by atoms with Crippen molar-refractivity contribution in [3.63, 3.8) is 0 Å². The summed E-state index contributed by atoms with van der Waals surface area (Å²) in [5, 5.41) is 3.14. The molecule has 1 aromatic rings. The van der Waals surface area contributed by atoms with Crippen LogP contribution in [0.15, 0.2) is 29.3 Å². The topological polar surface area (TPSA) is 72.1 Å². The Morgan fingerprint density at radius 2 is 2.22 bits per heavy atom. The van der Waals surface area contributed by atoms with Crippen LogP contribution in [-0.4, -0.2) is 55.8 Å². The van der Waals surface area contributed by atoms with Crippen molar-refractivity contribution in [1.82, 2.24) is 10.2 Å². The normalized spacial score (nSPS) is 24.7. The predicted octanol–water partition coefficient (Wildman–Crippen LogP) is 1.22. The monoisotopic (exact) mass is 318 g/mol. The number of nitrogens with one attached hydrogen (secondary N) is 1. The first-order chi connectivity index (χ1) is 11.3. The minimum Gasteiger partial charge on any atom is -0.486 e. The SMILES string of the molecule is CCN1CCCC1CN=C(N)NCC1COc2ccccc2O1. The summed E-state index contributed by atoms with van der Waals surface area (Å²) in [5.74, 6) is 2.06. The van der Waals surface area contributed by atoms with Crippen molar-refractivity contribution >= 4 is 5.96 Å². The predicted molar refractivity (Wildman–Crippen MR) is 91.1 cm³/mol. The lowest BCUT2D eigenvalue weighted by Gasteiger charge is -2.26. The number of para-hydroxylation sites is 2. The van der Waals surface area contributed by atoms with Gasteiger partial charge in [0.2, 0.25) is 0 Å². The lowest BCUT2D eigenvalue weighted by Crippen LogP contribution is -2.44. The van der Waals surface area contributed by atoms with Crippen LogP contribution in [0.2, 0.25) is 0 Å². The van der Waals surface area contributed by atoms with Crippen LogP contribution in [-0.2, 0) is 0 Å². The number of hydrogen-bond acceptors (Lipinski definition) is 4. The summed E-state index contributed by atoms with van der Waals surface area (Å²) in [5.41, 5.74) is 5.97. The van der Waals surface area contributed by atoms with Gasteiger partial charge >= 0.3 is 0 Å². The molecule has 2 aliphatic heterocycles. The maximum atomic E-state index is 5.97. The highest BCUT2D eigenvalue weighted by Crippen LogP contribution is 2.30. The number of guanidine groups is 1. The van der Waals surface area contributed by atoms with Crippen LogP contribution in [0.4, 0.5) is 0 Å². The fraction of sp³-hybridized carbons (Fsp3) is 0.588. The summed E-state index contributed by atoms with van der Waals surface area (Å²) in [4.78, 5) is 6.94. The number of rotatable bonds is 5. The molecule has 0 bridgehead atoms. The van der Waals surface area contributed by atoms with Crippen LogP contribution >= 0.6 is 0 Å². The summed E-state index contributed by atoms with van der Waals surface area (Å²) in [6.07, 6.45) is 2.41. The fourth-order valence-electron chi connectivity index (χ4n) is 3.16. The van der Waals surface area contributed by atoms with Gasteiger partial charge in [-0.25, -0.2) is 0 Å². The minimum absolute atomic E-state index is 0.0581. The van der Waals surface area contributed by atoms with E-state index < -0.39 is 0 Å². The molecule has 1 saturated heterocycles. The third-order valence-electron chi connectivity index (χ3n) is 4.46. The number of likely N-dealkylation sites (N-methyl/N-ethyl adjacent to an activating group) is 1. The fourth-order valence-corrected chi connectivity index (χ4v) is 3.16. The third kappa shape index (κ3) is 4.07. The largest absolute Gasteiger partial charge is 0.486 e. The second kappa shape index (κ2) is 7.55. The Morgan fingerprint density at radius 3 is 3.04 bits per heavy atom. The van der Waals surface area contributed by atoms with Gasteiger partial charge in [0.1, 0.15) is 12.7 Å². The molecule has 1 fully saturated rings. The number of ether oxygens (including phenoxy) is 2. The standard InChI is InChI=1S/C17H26N4O2/c1-2-21-9-5-6-13(21)10-19-17(18)20-11-14-12-22-15-7-3-4-8-16(15)23-14/h3-4,7-8,13-14H,2,5-6,9-12H2,1H3,(H3,18,19,20). The smallest absolute Gasteiger partial charge is 0.188 e. The Kier molecular flexibility index (Phi) is 5.23. The van der Waals surface area contributed by atoms with Crippen molar-refractivity contribution in [2.24, 2.45) is 10.7 Å². The molecule has 2 aliphatic rings. The Labute approximate surface area is 137 Å². The molecule has 0 amide bonds. The first-order valence-electron chi connectivity index (χ1n) is 8.42. The van der Waals surface area contributed by atoms with E-state index in [-0.39, 0.29) is 6.10 Å². The highest BCUT2D eigenvalue weighted by Gasteiger charge is 2.23. The molecule has 0 aromatic heterocycles. The highest BCUT2D eigenvalue weighted by atomic mass is 16.6. The molecular formula is C17H26N4O2. The van der Waals surface area contributed by atoms with Gasteiger partial charge in [0.15, 0.2) is 17.5 Å². The van der Waals surface area contributed by atoms with E-state index >= 15 is 0 Å². The van der Waals surface area contributed by atoms with Crippen molar-refractivity contribution in [3.8, 4) is 11.5 Å². The zero-order chi connectivity index (χ0) is 16.1. The molecule has 3 N–H and O–H groups in total. The summed E-state index contributed by atoms with van der Waals surface area (Å²) in [7, 11) is 0. The zero-order valence-corrected chi connectivity index (χ0v) is 13.7. The van der Waals surface area contributed by atoms with Crippen LogP contribution in [0.25, 0.3) is 0 Å². The summed E-state index contributed by atoms with van der Waals surface area (Å²) in [6.45, 7) is 6.33. The average molecular weight is 318 g/mol. The van der Waals surface area contributed by atoms with Gasteiger partial charge in [-0.3, -0.25) is 9.89 Å². The maximum Gasteiger partial charge on any atom is 0.188 e. The molecular weight excluding hydrogens is 292 g/mol. The van der Waals surface area contributed by atoms with Gasteiger partial charge in [-0.1, -0.05) is 19.1 Å². The van der Waals surface area contributed by atoms with Crippen LogP contribution in [0, 0.1) is 0 Å². The van der Waals surface area contributed by atoms with Crippen LogP contribution in [0.1, 0.15) is 19.8 Å². The first kappa shape index (κ1) is 15.9. The van der Waals surface area contributed by atoms with E-state index in [9.17, 15) is 0 Å². The molecule has 23 heavy (non-hydrogen) atoms. The molecule has 2 atom stereocenters. The van der Waals surface area contributed by atoms with Crippen LogP contribution < -0.4 is 20.5 Å². The molecule has 2 heterocycles. The number of fused-ring (bicyclic) bond motifs is 1. The summed E-state index contributed by atoms with van der Waals surface area (Å²) < 4.78 is 11.6. The van der Waals surface area contributed by atoms with E-state index in [4.69, 9.17) is 15.2 Å². The first-order valence-corrected chi connectivity index (χ1v) is 8.42. The molecule has 126 valence electrons. The molecule has 2 unspecified atom stereocenters. The number of nitrogens with zero attached hydrogens (tertiary/aromatic N) is 2. The quantitative estimate of drug-likeness (QED) is 0.631. The van der Waals surface area contributed by atoms with E-state index in [0.29, 0.717) is 25.2 Å². The van der Waals surface area contributed by atoms with Gasteiger partial charge in [-0.05, 0) is 38.1 Å². The molecule has 6 heteroatoms. The number of aliphatic imine (C=N–C) groups is 1. The average Bonchev–Trinajstić information content (AvgIpc) is 3.05. The maximum absolute atomic E-state index is 5.97. The van der Waals surface area contributed by atoms with Crippen molar-refractivity contribution in [2.75, 3.05) is 32.8 Å². The molecule has 6 nitrogen and oxygen atoms in total. The number of benzene rings is 1. The molecule has 0 radical (unpaired) electrons. The van der Waals surface area contributed by atoms with Gasteiger partial charge in [0, 0.05) is 6.04 Å². The number of nitrogens with two attached hydrogens (primary N) is 1. The Bertz CT molecular complexity index is 549. The third-order valence-corrected chi connectivity index (χ3v) is 4.46. The summed E-state index contributed by atoms with van der Waals surface area (Å²) >= 11 is 0.